The molecule has 0 fully saturated rings. The van der Waals surface area contributed by atoms with E-state index in [1.165, 1.54) is 6.20 Å². The lowest BCUT2D eigenvalue weighted by Gasteiger charge is -2.11. The van der Waals surface area contributed by atoms with Crippen LogP contribution in [0.3, 0.4) is 0 Å². The van der Waals surface area contributed by atoms with Crippen LogP contribution in [0, 0.1) is 11.6 Å². The molecule has 2 N–H and O–H groups in total. The molecule has 0 aliphatic rings. The van der Waals surface area contributed by atoms with Crippen molar-refractivity contribution >= 4 is 54.0 Å². The molecule has 0 amide bonds. The molecule has 0 radical (unpaired) electrons. The fraction of sp³-hybridized carbons (Fsp3) is 0.120. The van der Waals surface area contributed by atoms with Gasteiger partial charge in [-0.15, -0.1) is 11.3 Å². The Balaban J connectivity index is 1.57. The summed E-state index contributed by atoms with van der Waals surface area (Å²) in [6.45, 7) is 1.66. The van der Waals surface area contributed by atoms with Crippen LogP contribution in [-0.2, 0) is 10.0 Å². The van der Waals surface area contributed by atoms with Gasteiger partial charge in [-0.25, -0.2) is 22.2 Å². The molecule has 178 valence electrons. The van der Waals surface area contributed by atoms with Crippen molar-refractivity contribution in [3.8, 4) is 11.1 Å². The van der Waals surface area contributed by atoms with E-state index in [2.05, 4.69) is 14.7 Å². The first-order chi connectivity index (χ1) is 16.8. The van der Waals surface area contributed by atoms with Gasteiger partial charge in [-0.05, 0) is 53.1 Å². The lowest BCUT2D eigenvalue weighted by molar-refractivity contribution is 0.103. The van der Waals surface area contributed by atoms with Gasteiger partial charge in [-0.2, -0.15) is 0 Å². The Bertz CT molecular complexity index is 1710. The molecule has 0 aliphatic carbocycles. The molecule has 10 heteroatoms. The summed E-state index contributed by atoms with van der Waals surface area (Å²) in [5, 5.41) is 3.51. The highest BCUT2D eigenvalue weighted by Crippen LogP contribution is 2.31. The third kappa shape index (κ3) is 4.30. The van der Waals surface area contributed by atoms with Crippen molar-refractivity contribution in [1.29, 1.82) is 0 Å². The topological polar surface area (TPSA) is 91.9 Å². The minimum absolute atomic E-state index is 0.0258. The maximum absolute atomic E-state index is 15.2. The second-order valence-corrected chi connectivity index (χ2v) is 10.8. The van der Waals surface area contributed by atoms with E-state index in [-0.39, 0.29) is 11.3 Å². The quantitative estimate of drug-likeness (QED) is 0.258. The Morgan fingerprint density at radius 1 is 1.11 bits per heavy atom. The van der Waals surface area contributed by atoms with Gasteiger partial charge >= 0.3 is 0 Å². The molecule has 0 aliphatic heterocycles. The van der Waals surface area contributed by atoms with E-state index >= 15 is 4.39 Å². The van der Waals surface area contributed by atoms with E-state index in [9.17, 15) is 17.6 Å². The van der Waals surface area contributed by atoms with Crippen LogP contribution in [0.5, 0.6) is 0 Å². The molecule has 5 rings (SSSR count). The molecule has 0 bridgehead atoms. The number of carbonyl (C=O) groups is 1. The van der Waals surface area contributed by atoms with Gasteiger partial charge in [0, 0.05) is 33.6 Å². The molecule has 0 saturated heterocycles. The van der Waals surface area contributed by atoms with Crippen LogP contribution < -0.4 is 4.72 Å². The second kappa shape index (κ2) is 8.86. The van der Waals surface area contributed by atoms with Gasteiger partial charge in [0.1, 0.15) is 11.5 Å². The highest BCUT2D eigenvalue weighted by Gasteiger charge is 2.26. The Kier molecular flexibility index (Phi) is 5.86. The molecule has 3 aromatic heterocycles. The van der Waals surface area contributed by atoms with E-state index in [0.29, 0.717) is 17.5 Å². The molecule has 6 nitrogen and oxygen atoms in total. The number of sulfonamides is 1. The van der Waals surface area contributed by atoms with Crippen molar-refractivity contribution in [3.63, 3.8) is 0 Å². The number of hydrogen-bond acceptors (Lipinski definition) is 5. The Morgan fingerprint density at radius 3 is 2.74 bits per heavy atom. The summed E-state index contributed by atoms with van der Waals surface area (Å²) in [7, 11) is -3.84. The maximum atomic E-state index is 15.2. The van der Waals surface area contributed by atoms with Gasteiger partial charge < -0.3 is 4.98 Å². The third-order valence-electron chi connectivity index (χ3n) is 5.62. The molecule has 0 spiro atoms. The first kappa shape index (κ1) is 23.1. The molecule has 3 heterocycles. The number of aromatic nitrogens is 2. The molecule has 5 aromatic rings. The molecule has 35 heavy (non-hydrogen) atoms. The van der Waals surface area contributed by atoms with Crippen LogP contribution in [0.15, 0.2) is 60.2 Å². The number of nitrogens with one attached hydrogen (secondary N) is 2. The average molecular weight is 512 g/mol. The molecular formula is C25H19F2N3O3S2. The number of hydrogen-bond donors (Lipinski definition) is 2. The summed E-state index contributed by atoms with van der Waals surface area (Å²) >= 11 is 1.61. The van der Waals surface area contributed by atoms with Crippen molar-refractivity contribution in [2.24, 2.45) is 0 Å². The smallest absolute Gasteiger partial charge is 0.232 e. The lowest BCUT2D eigenvalue weighted by Crippen LogP contribution is -2.18. The van der Waals surface area contributed by atoms with Gasteiger partial charge in [0.2, 0.25) is 15.8 Å². The molecule has 0 saturated carbocycles. The molecule has 2 aromatic carbocycles. The van der Waals surface area contributed by atoms with Gasteiger partial charge in [-0.3, -0.25) is 9.52 Å². The fourth-order valence-electron chi connectivity index (χ4n) is 3.94. The van der Waals surface area contributed by atoms with Crippen LogP contribution in [0.2, 0.25) is 0 Å². The van der Waals surface area contributed by atoms with E-state index in [1.54, 1.807) is 30.5 Å². The van der Waals surface area contributed by atoms with E-state index < -0.39 is 38.7 Å². The van der Waals surface area contributed by atoms with Crippen LogP contribution >= 0.6 is 11.3 Å². The number of H-pyrrole nitrogens is 1. The number of pyridine rings is 1. The van der Waals surface area contributed by atoms with Crippen molar-refractivity contribution in [3.05, 3.63) is 83.0 Å². The monoisotopic (exact) mass is 511 g/mol. The first-order valence-corrected chi connectivity index (χ1v) is 13.3. The standard InChI is InChI=1S/C25H19F2N3O3S2/c1-2-9-35(32,33)30-20-6-5-19(26)22(23(20)27)24(31)18-13-29-25-17(18)10-16(12-28-25)15-4-3-14-7-8-34-21(14)11-15/h3-8,10-13,30H,2,9H2,1H3,(H,28,29). The van der Waals surface area contributed by atoms with Gasteiger partial charge in [0.05, 0.1) is 17.0 Å². The highest BCUT2D eigenvalue weighted by atomic mass is 32.2. The zero-order valence-electron chi connectivity index (χ0n) is 18.4. The normalized spacial score (nSPS) is 11.9. The number of carbonyl (C=O) groups excluding carboxylic acids is 1. The number of nitrogens with zero attached hydrogens (tertiary/aromatic N) is 1. The Hall–Kier alpha value is -3.63. The minimum Gasteiger partial charge on any atom is -0.345 e. The molecule has 0 unspecified atom stereocenters. The number of aromatic amines is 1. The van der Waals surface area contributed by atoms with Gasteiger partial charge in [0.25, 0.3) is 0 Å². The average Bonchev–Trinajstić information content (AvgIpc) is 3.46. The zero-order chi connectivity index (χ0) is 24.7. The first-order valence-electron chi connectivity index (χ1n) is 10.8. The van der Waals surface area contributed by atoms with Crippen molar-refractivity contribution in [2.45, 2.75) is 13.3 Å². The van der Waals surface area contributed by atoms with E-state index in [4.69, 9.17) is 0 Å². The van der Waals surface area contributed by atoms with Crippen molar-refractivity contribution < 1.29 is 22.0 Å². The lowest BCUT2D eigenvalue weighted by atomic mass is 9.99. The number of thiophene rings is 1. The summed E-state index contributed by atoms with van der Waals surface area (Å²) < 4.78 is 57.2. The SMILES string of the molecule is CCCS(=O)(=O)Nc1ccc(F)c(C(=O)c2c[nH]c3ncc(-c4ccc5ccsc5c4)cc23)c1F. The number of rotatable bonds is 7. The highest BCUT2D eigenvalue weighted by molar-refractivity contribution is 7.92. The minimum atomic E-state index is -3.84. The predicted octanol–water partition coefficient (Wildman–Crippen LogP) is 6.11. The van der Waals surface area contributed by atoms with Crippen molar-refractivity contribution in [2.75, 3.05) is 10.5 Å². The third-order valence-corrected chi connectivity index (χ3v) is 7.98. The molecular weight excluding hydrogens is 492 g/mol. The largest absolute Gasteiger partial charge is 0.345 e. The van der Waals surface area contributed by atoms with E-state index in [0.717, 1.165) is 33.3 Å². The van der Waals surface area contributed by atoms with Crippen LogP contribution in [0.25, 0.3) is 32.2 Å². The number of anilines is 1. The number of fused-ring (bicyclic) bond motifs is 2. The summed E-state index contributed by atoms with van der Waals surface area (Å²) in [6, 6.07) is 11.5. The van der Waals surface area contributed by atoms with Crippen LogP contribution in [-0.4, -0.2) is 29.9 Å². The summed E-state index contributed by atoms with van der Waals surface area (Å²) in [4.78, 5) is 20.5. The predicted molar refractivity (Wildman–Crippen MR) is 134 cm³/mol. The van der Waals surface area contributed by atoms with Crippen LogP contribution in [0.4, 0.5) is 14.5 Å². The van der Waals surface area contributed by atoms with Gasteiger partial charge in [0.15, 0.2) is 5.82 Å². The zero-order valence-corrected chi connectivity index (χ0v) is 20.1. The molecule has 0 atom stereocenters. The van der Waals surface area contributed by atoms with Crippen molar-refractivity contribution in [1.82, 2.24) is 9.97 Å². The Morgan fingerprint density at radius 2 is 1.94 bits per heavy atom. The van der Waals surface area contributed by atoms with Crippen LogP contribution in [0.1, 0.15) is 29.3 Å². The Labute approximate surface area is 203 Å². The maximum Gasteiger partial charge on any atom is 0.232 e. The fourth-order valence-corrected chi connectivity index (χ4v) is 5.91. The number of halogens is 2. The van der Waals surface area contributed by atoms with E-state index in [1.807, 2.05) is 29.6 Å². The number of ketones is 1. The second-order valence-electron chi connectivity index (χ2n) is 8.03. The van der Waals surface area contributed by atoms with Gasteiger partial charge in [-0.1, -0.05) is 19.1 Å². The number of benzene rings is 2. The summed E-state index contributed by atoms with van der Waals surface area (Å²) in [6.07, 6.45) is 3.32. The summed E-state index contributed by atoms with van der Waals surface area (Å²) in [5.41, 5.74) is 0.717. The summed E-state index contributed by atoms with van der Waals surface area (Å²) in [5.74, 6) is -3.51.